The van der Waals surface area contributed by atoms with E-state index in [0.29, 0.717) is 18.1 Å². The minimum absolute atomic E-state index is 0.151. The Morgan fingerprint density at radius 2 is 2.04 bits per heavy atom. The van der Waals surface area contributed by atoms with Crippen LogP contribution in [0.2, 0.25) is 0 Å². The van der Waals surface area contributed by atoms with Gasteiger partial charge >= 0.3 is 0 Å². The van der Waals surface area contributed by atoms with Gasteiger partial charge in [0.15, 0.2) is 5.82 Å². The average Bonchev–Trinajstić information content (AvgIpc) is 2.91. The highest BCUT2D eigenvalue weighted by Gasteiger charge is 2.67. The Balaban J connectivity index is 1.62. The van der Waals surface area contributed by atoms with Gasteiger partial charge in [-0.2, -0.15) is 4.98 Å². The van der Waals surface area contributed by atoms with Crippen molar-refractivity contribution in [2.45, 2.75) is 24.2 Å². The molecule has 0 spiro atoms. The van der Waals surface area contributed by atoms with Crippen LogP contribution in [0.4, 0.5) is 0 Å². The van der Waals surface area contributed by atoms with Gasteiger partial charge in [0.2, 0.25) is 5.91 Å². The van der Waals surface area contributed by atoms with Crippen LogP contribution in [0.5, 0.6) is 5.75 Å². The predicted molar refractivity (Wildman–Crippen MR) is 85.3 cm³/mol. The molecule has 0 unspecified atom stereocenters. The van der Waals surface area contributed by atoms with E-state index in [-0.39, 0.29) is 12.5 Å². The zero-order valence-corrected chi connectivity index (χ0v) is 14.1. The molecule has 1 aliphatic carbocycles. The molecule has 0 saturated heterocycles. The first kappa shape index (κ1) is 16.1. The molecule has 122 valence electrons. The average molecular weight is 356 g/mol. The molecule has 23 heavy (non-hydrogen) atoms. The molecular formula is C15H15Cl2N3O3. The highest BCUT2D eigenvalue weighted by Crippen LogP contribution is 2.63. The molecule has 1 aromatic carbocycles. The monoisotopic (exact) mass is 355 g/mol. The van der Waals surface area contributed by atoms with E-state index in [2.05, 4.69) is 15.5 Å². The number of aromatic nitrogens is 2. The predicted octanol–water partition coefficient (Wildman–Crippen LogP) is 2.95. The van der Waals surface area contributed by atoms with Gasteiger partial charge in [0.25, 0.3) is 5.89 Å². The molecule has 1 amide bonds. The molecule has 1 aliphatic rings. The molecule has 1 atom stereocenters. The standard InChI is InChI=1S/C15H15Cl2N3O3/c1-14(8-15(14,16)17)13(21)18-7-11-19-12(23-20-11)9-3-5-10(22-2)6-4-9/h3-6H,7-8H2,1-2H3,(H,18,21)/t14-/m0/s1. The van der Waals surface area contributed by atoms with Gasteiger partial charge in [-0.15, -0.1) is 23.2 Å². The second-order valence-corrected chi connectivity index (χ2v) is 7.12. The summed E-state index contributed by atoms with van der Waals surface area (Å²) >= 11 is 12.0. The van der Waals surface area contributed by atoms with Crippen LogP contribution >= 0.6 is 23.2 Å². The third kappa shape index (κ3) is 3.01. The summed E-state index contributed by atoms with van der Waals surface area (Å²) in [7, 11) is 1.60. The van der Waals surface area contributed by atoms with Crippen LogP contribution < -0.4 is 10.1 Å². The molecule has 1 aromatic heterocycles. The van der Waals surface area contributed by atoms with Crippen molar-refractivity contribution < 1.29 is 14.1 Å². The summed E-state index contributed by atoms with van der Waals surface area (Å²) in [6, 6.07) is 7.23. The number of carbonyl (C=O) groups is 1. The lowest BCUT2D eigenvalue weighted by Crippen LogP contribution is -2.33. The lowest BCUT2D eigenvalue weighted by Gasteiger charge is -2.10. The second-order valence-electron chi connectivity index (χ2n) is 5.64. The third-order valence-electron chi connectivity index (χ3n) is 3.97. The number of hydrogen-bond donors (Lipinski definition) is 1. The van der Waals surface area contributed by atoms with Crippen molar-refractivity contribution in [1.82, 2.24) is 15.5 Å². The summed E-state index contributed by atoms with van der Waals surface area (Å²) in [5.41, 5.74) is 0.00382. The summed E-state index contributed by atoms with van der Waals surface area (Å²) in [5.74, 6) is 1.27. The largest absolute Gasteiger partial charge is 0.497 e. The maximum Gasteiger partial charge on any atom is 0.257 e. The maximum atomic E-state index is 12.1. The Hall–Kier alpha value is -1.79. The zero-order chi connectivity index (χ0) is 16.7. The van der Waals surface area contributed by atoms with Crippen molar-refractivity contribution in [1.29, 1.82) is 0 Å². The number of ether oxygens (including phenoxy) is 1. The van der Waals surface area contributed by atoms with E-state index < -0.39 is 9.75 Å². The number of nitrogens with one attached hydrogen (secondary N) is 1. The number of nitrogens with zero attached hydrogens (tertiary/aromatic N) is 2. The molecule has 1 heterocycles. The Kier molecular flexibility index (Phi) is 3.98. The molecule has 1 saturated carbocycles. The van der Waals surface area contributed by atoms with E-state index >= 15 is 0 Å². The van der Waals surface area contributed by atoms with Crippen LogP contribution in [0, 0.1) is 5.41 Å². The molecule has 1 N–H and O–H groups in total. The SMILES string of the molecule is COc1ccc(-c2nc(CNC(=O)[C@]3(C)CC3(Cl)Cl)no2)cc1. The molecule has 2 aromatic rings. The first-order valence-corrected chi connectivity index (χ1v) is 7.74. The Labute approximate surface area is 143 Å². The maximum absolute atomic E-state index is 12.1. The van der Waals surface area contributed by atoms with Crippen LogP contribution in [0.3, 0.4) is 0 Å². The number of alkyl halides is 2. The minimum atomic E-state index is -0.997. The molecule has 0 aliphatic heterocycles. The fraction of sp³-hybridized carbons (Fsp3) is 0.400. The van der Waals surface area contributed by atoms with Gasteiger partial charge in [-0.25, -0.2) is 0 Å². The lowest BCUT2D eigenvalue weighted by atomic mass is 10.1. The molecule has 1 fully saturated rings. The van der Waals surface area contributed by atoms with Gasteiger partial charge < -0.3 is 14.6 Å². The van der Waals surface area contributed by atoms with Gasteiger partial charge in [-0.05, 0) is 37.6 Å². The van der Waals surface area contributed by atoms with Gasteiger partial charge in [-0.3, -0.25) is 4.79 Å². The molecule has 0 bridgehead atoms. The van der Waals surface area contributed by atoms with E-state index in [1.54, 1.807) is 26.2 Å². The van der Waals surface area contributed by atoms with E-state index in [0.717, 1.165) is 11.3 Å². The Bertz CT molecular complexity index is 730. The van der Waals surface area contributed by atoms with Crippen molar-refractivity contribution in [2.24, 2.45) is 5.41 Å². The van der Waals surface area contributed by atoms with Crippen LogP contribution in [-0.2, 0) is 11.3 Å². The molecule has 6 nitrogen and oxygen atoms in total. The highest BCUT2D eigenvalue weighted by atomic mass is 35.5. The summed E-state index contributed by atoms with van der Waals surface area (Å²) < 4.78 is 9.29. The van der Waals surface area contributed by atoms with Gasteiger partial charge in [0.05, 0.1) is 19.1 Å². The van der Waals surface area contributed by atoms with Gasteiger partial charge in [0.1, 0.15) is 10.1 Å². The Morgan fingerprint density at radius 1 is 1.39 bits per heavy atom. The smallest absolute Gasteiger partial charge is 0.257 e. The van der Waals surface area contributed by atoms with Crippen molar-refractivity contribution in [3.63, 3.8) is 0 Å². The highest BCUT2D eigenvalue weighted by molar-refractivity contribution is 6.53. The fourth-order valence-electron chi connectivity index (χ4n) is 2.18. The van der Waals surface area contributed by atoms with E-state index in [1.807, 2.05) is 12.1 Å². The summed E-state index contributed by atoms with van der Waals surface area (Å²) in [6.07, 6.45) is 0.429. The first-order chi connectivity index (χ1) is 10.9. The van der Waals surface area contributed by atoms with Crippen LogP contribution in [0.25, 0.3) is 11.5 Å². The second kappa shape index (κ2) is 5.69. The van der Waals surface area contributed by atoms with Crippen molar-refractivity contribution in [3.8, 4) is 17.2 Å². The zero-order valence-electron chi connectivity index (χ0n) is 12.6. The van der Waals surface area contributed by atoms with Crippen LogP contribution in [0.15, 0.2) is 28.8 Å². The normalized spacial score (nSPS) is 21.7. The minimum Gasteiger partial charge on any atom is -0.497 e. The van der Waals surface area contributed by atoms with E-state index in [1.165, 1.54) is 0 Å². The van der Waals surface area contributed by atoms with Crippen molar-refractivity contribution in [3.05, 3.63) is 30.1 Å². The van der Waals surface area contributed by atoms with E-state index in [4.69, 9.17) is 32.5 Å². The van der Waals surface area contributed by atoms with Crippen molar-refractivity contribution in [2.75, 3.05) is 7.11 Å². The molecule has 0 radical (unpaired) electrons. The van der Waals surface area contributed by atoms with Crippen LogP contribution in [-0.4, -0.2) is 27.5 Å². The number of methoxy groups -OCH3 is 1. The van der Waals surface area contributed by atoms with Crippen molar-refractivity contribution >= 4 is 29.1 Å². The van der Waals surface area contributed by atoms with E-state index in [9.17, 15) is 4.79 Å². The number of hydrogen-bond acceptors (Lipinski definition) is 5. The first-order valence-electron chi connectivity index (χ1n) is 6.99. The molecule has 8 heteroatoms. The molecule has 3 rings (SSSR count). The quantitative estimate of drug-likeness (QED) is 0.834. The number of halogens is 2. The van der Waals surface area contributed by atoms with Gasteiger partial charge in [-0.1, -0.05) is 5.16 Å². The third-order valence-corrected chi connectivity index (χ3v) is 5.07. The number of carbonyl (C=O) groups excluding carboxylic acids is 1. The number of rotatable bonds is 5. The molecular weight excluding hydrogens is 341 g/mol. The number of amides is 1. The summed E-state index contributed by atoms with van der Waals surface area (Å²) in [5, 5.41) is 6.58. The van der Waals surface area contributed by atoms with Crippen LogP contribution in [0.1, 0.15) is 19.2 Å². The topological polar surface area (TPSA) is 77.2 Å². The summed E-state index contributed by atoms with van der Waals surface area (Å²) in [4.78, 5) is 16.3. The summed E-state index contributed by atoms with van der Waals surface area (Å²) in [6.45, 7) is 1.87. The Morgan fingerprint density at radius 3 is 2.61 bits per heavy atom. The van der Waals surface area contributed by atoms with Gasteiger partial charge in [0, 0.05) is 5.56 Å². The lowest BCUT2D eigenvalue weighted by molar-refractivity contribution is -0.126. The number of benzene rings is 1. The fourth-order valence-corrected chi connectivity index (χ4v) is 2.88.